The van der Waals surface area contributed by atoms with Gasteiger partial charge in [0.05, 0.1) is 0 Å². The molecule has 14 heavy (non-hydrogen) atoms. The first-order valence-electron chi connectivity index (χ1n) is 6.23. The Hall–Kier alpha value is 0.350. The van der Waals surface area contributed by atoms with Crippen LogP contribution in [0.1, 0.15) is 52.9 Å². The average Bonchev–Trinajstić information content (AvgIpc) is 2.21. The van der Waals surface area contributed by atoms with Crippen molar-refractivity contribution in [3.63, 3.8) is 0 Å². The van der Waals surface area contributed by atoms with Gasteiger partial charge in [-0.2, -0.15) is 11.8 Å². The lowest BCUT2D eigenvalue weighted by Gasteiger charge is -2.37. The first-order chi connectivity index (χ1) is 6.70. The quantitative estimate of drug-likeness (QED) is 0.659. The second-order valence-electron chi connectivity index (χ2n) is 4.94. The van der Waals surface area contributed by atoms with E-state index in [0.717, 1.165) is 23.0 Å². The van der Waals surface area contributed by atoms with Crippen LogP contribution in [0.25, 0.3) is 0 Å². The molecule has 1 aliphatic rings. The highest BCUT2D eigenvalue weighted by Crippen LogP contribution is 2.40. The van der Waals surface area contributed by atoms with E-state index in [2.05, 4.69) is 38.8 Å². The molecule has 84 valence electrons. The summed E-state index contributed by atoms with van der Waals surface area (Å²) in [6.07, 6.45) is 9.55. The second kappa shape index (κ2) is 6.05. The number of hydrogen-bond acceptors (Lipinski definition) is 1. The highest BCUT2D eigenvalue weighted by atomic mass is 32.2. The highest BCUT2D eigenvalue weighted by Gasteiger charge is 2.30. The van der Waals surface area contributed by atoms with E-state index in [0.29, 0.717) is 0 Å². The largest absolute Gasteiger partial charge is 0.162 e. The van der Waals surface area contributed by atoms with Crippen molar-refractivity contribution in [1.82, 2.24) is 0 Å². The van der Waals surface area contributed by atoms with Crippen molar-refractivity contribution in [2.45, 2.75) is 58.1 Å². The van der Waals surface area contributed by atoms with Gasteiger partial charge in [-0.15, -0.1) is 0 Å². The molecule has 0 aromatic rings. The molecule has 0 nitrogen and oxygen atoms in total. The van der Waals surface area contributed by atoms with Crippen LogP contribution in [-0.2, 0) is 0 Å². The van der Waals surface area contributed by atoms with Crippen LogP contribution in [-0.4, -0.2) is 11.5 Å². The molecule has 1 rings (SSSR count). The number of thioether (sulfide) groups is 1. The van der Waals surface area contributed by atoms with Gasteiger partial charge in [0.1, 0.15) is 0 Å². The minimum atomic E-state index is 0.852. The summed E-state index contributed by atoms with van der Waals surface area (Å²) in [5.74, 6) is 2.94. The fraction of sp³-hybridized carbons (Fsp3) is 1.00. The molecule has 1 fully saturated rings. The molecule has 4 unspecified atom stereocenters. The van der Waals surface area contributed by atoms with Gasteiger partial charge in [-0.1, -0.05) is 46.5 Å². The smallest absolute Gasteiger partial charge is 0.00468 e. The number of hydrogen-bond donors (Lipinski definition) is 0. The van der Waals surface area contributed by atoms with Gasteiger partial charge in [0.15, 0.2) is 0 Å². The molecule has 0 radical (unpaired) electrons. The zero-order valence-corrected chi connectivity index (χ0v) is 11.1. The molecule has 0 amide bonds. The predicted octanol–water partition coefficient (Wildman–Crippen LogP) is 4.59. The van der Waals surface area contributed by atoms with Crippen LogP contribution < -0.4 is 0 Å². The molecule has 0 aromatic carbocycles. The Morgan fingerprint density at radius 3 is 2.43 bits per heavy atom. The van der Waals surface area contributed by atoms with Crippen LogP contribution in [0, 0.1) is 17.8 Å². The Labute approximate surface area is 94.2 Å². The van der Waals surface area contributed by atoms with Gasteiger partial charge >= 0.3 is 0 Å². The third-order valence-corrected chi connectivity index (χ3v) is 5.27. The maximum Gasteiger partial charge on any atom is 0.00468 e. The van der Waals surface area contributed by atoms with Crippen LogP contribution in [0.15, 0.2) is 0 Å². The van der Waals surface area contributed by atoms with Crippen molar-refractivity contribution in [3.8, 4) is 0 Å². The third-order valence-electron chi connectivity index (χ3n) is 4.17. The number of rotatable bonds is 4. The molecule has 1 heteroatoms. The summed E-state index contributed by atoms with van der Waals surface area (Å²) in [5, 5.41) is 0.852. The van der Waals surface area contributed by atoms with Gasteiger partial charge in [0.25, 0.3) is 0 Å². The van der Waals surface area contributed by atoms with E-state index in [1.807, 2.05) is 0 Å². The maximum atomic E-state index is 2.47. The Bertz CT molecular complexity index is 151. The molecule has 1 aliphatic carbocycles. The molecular weight excluding hydrogens is 188 g/mol. The molecule has 4 atom stereocenters. The normalized spacial score (nSPS) is 32.6. The monoisotopic (exact) mass is 214 g/mol. The average molecular weight is 214 g/mol. The van der Waals surface area contributed by atoms with Crippen LogP contribution in [0.2, 0.25) is 0 Å². The molecule has 0 heterocycles. The van der Waals surface area contributed by atoms with E-state index in [1.54, 1.807) is 0 Å². The summed E-state index contributed by atoms with van der Waals surface area (Å²) < 4.78 is 0. The molecule has 0 spiro atoms. The van der Waals surface area contributed by atoms with Gasteiger partial charge in [-0.25, -0.2) is 0 Å². The summed E-state index contributed by atoms with van der Waals surface area (Å²) in [5.41, 5.74) is 0. The van der Waals surface area contributed by atoms with Crippen molar-refractivity contribution in [2.75, 3.05) is 6.26 Å². The van der Waals surface area contributed by atoms with E-state index in [1.165, 1.54) is 32.1 Å². The fourth-order valence-corrected chi connectivity index (χ4v) is 3.88. The lowest BCUT2D eigenvalue weighted by atomic mass is 9.71. The Morgan fingerprint density at radius 1 is 1.29 bits per heavy atom. The summed E-state index contributed by atoms with van der Waals surface area (Å²) in [6.45, 7) is 7.26. The molecule has 1 saturated carbocycles. The van der Waals surface area contributed by atoms with Crippen molar-refractivity contribution in [2.24, 2.45) is 17.8 Å². The van der Waals surface area contributed by atoms with Crippen LogP contribution in [0.4, 0.5) is 0 Å². The van der Waals surface area contributed by atoms with Gasteiger partial charge in [0, 0.05) is 5.25 Å². The lowest BCUT2D eigenvalue weighted by molar-refractivity contribution is 0.169. The van der Waals surface area contributed by atoms with Crippen molar-refractivity contribution >= 4 is 11.8 Å². The first-order valence-corrected chi connectivity index (χ1v) is 7.52. The first kappa shape index (κ1) is 12.4. The van der Waals surface area contributed by atoms with Gasteiger partial charge in [-0.05, 0) is 30.4 Å². The third kappa shape index (κ3) is 2.92. The molecule has 0 N–H and O–H groups in total. The van der Waals surface area contributed by atoms with E-state index in [4.69, 9.17) is 0 Å². The van der Waals surface area contributed by atoms with E-state index in [-0.39, 0.29) is 0 Å². The molecule has 0 aromatic heterocycles. The van der Waals surface area contributed by atoms with Gasteiger partial charge in [0.2, 0.25) is 0 Å². The molecule has 0 aliphatic heterocycles. The van der Waals surface area contributed by atoms with E-state index in [9.17, 15) is 0 Å². The van der Waals surface area contributed by atoms with E-state index < -0.39 is 0 Å². The molecule has 0 saturated heterocycles. The summed E-state index contributed by atoms with van der Waals surface area (Å²) in [6, 6.07) is 0. The zero-order chi connectivity index (χ0) is 10.6. The van der Waals surface area contributed by atoms with Crippen molar-refractivity contribution in [3.05, 3.63) is 0 Å². The van der Waals surface area contributed by atoms with Gasteiger partial charge < -0.3 is 0 Å². The standard InChI is InChI=1S/C13H26S/c1-5-12(11(3)14-4)13-9-7-6-8-10(13)2/h10-13H,5-9H2,1-4H3. The minimum Gasteiger partial charge on any atom is -0.162 e. The maximum absolute atomic E-state index is 2.47. The van der Waals surface area contributed by atoms with Crippen LogP contribution in [0.3, 0.4) is 0 Å². The zero-order valence-electron chi connectivity index (χ0n) is 10.3. The summed E-state index contributed by atoms with van der Waals surface area (Å²) >= 11 is 2.05. The fourth-order valence-electron chi connectivity index (χ4n) is 3.14. The molecular formula is C13H26S. The topological polar surface area (TPSA) is 0 Å². The van der Waals surface area contributed by atoms with Gasteiger partial charge in [-0.3, -0.25) is 0 Å². The summed E-state index contributed by atoms with van der Waals surface area (Å²) in [4.78, 5) is 0. The Kier molecular flexibility index (Phi) is 5.36. The van der Waals surface area contributed by atoms with Crippen molar-refractivity contribution in [1.29, 1.82) is 0 Å². The van der Waals surface area contributed by atoms with Crippen molar-refractivity contribution < 1.29 is 0 Å². The Balaban J connectivity index is 2.57. The van der Waals surface area contributed by atoms with Crippen LogP contribution >= 0.6 is 11.8 Å². The van der Waals surface area contributed by atoms with E-state index >= 15 is 0 Å². The van der Waals surface area contributed by atoms with Crippen LogP contribution in [0.5, 0.6) is 0 Å². The second-order valence-corrected chi connectivity index (χ2v) is 6.15. The lowest BCUT2D eigenvalue weighted by Crippen LogP contribution is -2.30. The Morgan fingerprint density at radius 2 is 1.93 bits per heavy atom. The highest BCUT2D eigenvalue weighted by molar-refractivity contribution is 7.99. The SMILES string of the molecule is CCC(C(C)SC)C1CCCCC1C. The molecule has 0 bridgehead atoms. The summed E-state index contributed by atoms with van der Waals surface area (Å²) in [7, 11) is 0. The predicted molar refractivity (Wildman–Crippen MR) is 67.9 cm³/mol. The minimum absolute atomic E-state index is 0.852.